The number of aliphatic carboxylic acids is 1. The van der Waals surface area contributed by atoms with Crippen LogP contribution in [0.3, 0.4) is 0 Å². The molecule has 9 heteroatoms. The van der Waals surface area contributed by atoms with Crippen LogP contribution < -0.4 is 10.6 Å². The smallest absolute Gasteiger partial charge is 0.414 e. The van der Waals surface area contributed by atoms with Crippen LogP contribution in [0.15, 0.2) is 59.1 Å². The lowest BCUT2D eigenvalue weighted by atomic mass is 9.98. The van der Waals surface area contributed by atoms with E-state index in [4.69, 9.17) is 14.4 Å². The van der Waals surface area contributed by atoms with Gasteiger partial charge in [0.25, 0.3) is 5.91 Å². The number of rotatable bonds is 10. The number of carboxylic acids is 1. The van der Waals surface area contributed by atoms with Gasteiger partial charge < -0.3 is 19.7 Å². The van der Waals surface area contributed by atoms with E-state index in [1.807, 2.05) is 43.3 Å². The van der Waals surface area contributed by atoms with Crippen molar-refractivity contribution in [2.24, 2.45) is 5.92 Å². The Hall–Kier alpha value is -4.14. The first kappa shape index (κ1) is 24.0. The molecule has 3 N–H and O–H groups in total. The normalized spacial score (nSPS) is 12.9. The summed E-state index contributed by atoms with van der Waals surface area (Å²) in [5.74, 6) is -1.18. The molecule has 1 aromatic heterocycles. The number of nitrogens with zero attached hydrogens (tertiary/aromatic N) is 1. The van der Waals surface area contributed by atoms with Gasteiger partial charge >= 0.3 is 12.1 Å². The van der Waals surface area contributed by atoms with Gasteiger partial charge in [-0.15, -0.1) is 0 Å². The first-order chi connectivity index (χ1) is 16.9. The van der Waals surface area contributed by atoms with Gasteiger partial charge in [0.05, 0.1) is 0 Å². The number of hydrogen-bond donors (Lipinski definition) is 3. The highest BCUT2D eigenvalue weighted by molar-refractivity contribution is 5.93. The summed E-state index contributed by atoms with van der Waals surface area (Å²) >= 11 is 0. The summed E-state index contributed by atoms with van der Waals surface area (Å²) in [6.45, 7) is 2.46. The zero-order valence-electron chi connectivity index (χ0n) is 19.3. The second kappa shape index (κ2) is 10.9. The van der Waals surface area contributed by atoms with Crippen LogP contribution in [0, 0.1) is 5.92 Å². The minimum Gasteiger partial charge on any atom is -0.481 e. The maximum Gasteiger partial charge on any atom is 0.414 e. The molecule has 1 unspecified atom stereocenters. The molecule has 0 saturated heterocycles. The van der Waals surface area contributed by atoms with E-state index in [1.165, 1.54) is 6.07 Å². The van der Waals surface area contributed by atoms with Gasteiger partial charge in [0, 0.05) is 24.9 Å². The Morgan fingerprint density at radius 1 is 1.06 bits per heavy atom. The van der Waals surface area contributed by atoms with Gasteiger partial charge in [-0.2, -0.15) is 0 Å². The number of carbonyl (C=O) groups is 3. The molecule has 9 nitrogen and oxygen atoms in total. The predicted octanol–water partition coefficient (Wildman–Crippen LogP) is 4.66. The number of nitrogens with one attached hydrogen (secondary N) is 2. The fraction of sp³-hybridized carbons (Fsp3) is 0.308. The molecule has 2 amide bonds. The number of carboxylic acid groups (broad SMARTS) is 1. The third kappa shape index (κ3) is 5.87. The fourth-order valence-corrected chi connectivity index (χ4v) is 4.21. The van der Waals surface area contributed by atoms with Crippen molar-refractivity contribution in [3.63, 3.8) is 0 Å². The van der Waals surface area contributed by atoms with Gasteiger partial charge in [0.15, 0.2) is 5.69 Å². The Labute approximate surface area is 202 Å². The molecule has 182 valence electrons. The molecule has 1 heterocycles. The minimum absolute atomic E-state index is 0.00204. The number of benzene rings is 2. The summed E-state index contributed by atoms with van der Waals surface area (Å²) in [7, 11) is 0. The van der Waals surface area contributed by atoms with Crippen LogP contribution in [0.25, 0.3) is 11.1 Å². The maximum atomic E-state index is 12.4. The monoisotopic (exact) mass is 477 g/mol. The van der Waals surface area contributed by atoms with Gasteiger partial charge in [0.1, 0.15) is 6.61 Å². The van der Waals surface area contributed by atoms with Gasteiger partial charge in [-0.1, -0.05) is 60.6 Å². The minimum atomic E-state index is -0.833. The molecular formula is C26H27N3O6. The topological polar surface area (TPSA) is 131 Å². The molecule has 0 fully saturated rings. The summed E-state index contributed by atoms with van der Waals surface area (Å²) in [6, 6.07) is 17.4. The van der Waals surface area contributed by atoms with Crippen molar-refractivity contribution in [3.8, 4) is 11.1 Å². The molecule has 35 heavy (non-hydrogen) atoms. The number of fused-ring (bicyclic) bond motifs is 3. The van der Waals surface area contributed by atoms with Gasteiger partial charge in [-0.25, -0.2) is 4.79 Å². The van der Waals surface area contributed by atoms with E-state index in [-0.39, 0.29) is 36.4 Å². The second-order valence-electron chi connectivity index (χ2n) is 8.61. The highest BCUT2D eigenvalue weighted by atomic mass is 16.6. The van der Waals surface area contributed by atoms with Gasteiger partial charge in [-0.05, 0) is 41.0 Å². The number of aromatic nitrogens is 1. The van der Waals surface area contributed by atoms with Crippen molar-refractivity contribution in [2.75, 3.05) is 18.5 Å². The zero-order chi connectivity index (χ0) is 24.8. The van der Waals surface area contributed by atoms with Crippen LogP contribution in [-0.2, 0) is 9.53 Å². The van der Waals surface area contributed by atoms with E-state index in [9.17, 15) is 14.4 Å². The van der Waals surface area contributed by atoms with E-state index >= 15 is 0 Å². The summed E-state index contributed by atoms with van der Waals surface area (Å²) in [5.41, 5.74) is 4.52. The fourth-order valence-electron chi connectivity index (χ4n) is 4.21. The lowest BCUT2D eigenvalue weighted by molar-refractivity contribution is -0.137. The molecule has 4 rings (SSSR count). The molecule has 0 spiro atoms. The molecule has 1 aliphatic rings. The first-order valence-electron chi connectivity index (χ1n) is 11.5. The third-order valence-corrected chi connectivity index (χ3v) is 6.09. The highest BCUT2D eigenvalue weighted by Crippen LogP contribution is 2.44. The number of hydrogen-bond acceptors (Lipinski definition) is 6. The van der Waals surface area contributed by atoms with Crippen LogP contribution in [-0.4, -0.2) is 41.4 Å². The van der Waals surface area contributed by atoms with E-state index in [1.54, 1.807) is 0 Å². The standard InChI is InChI=1S/C26H27N3O6/c1-16(10-11-24(30)31)12-13-27-25(32)22-14-23(35-29-22)28-26(33)34-15-21-19-8-4-2-6-17(19)18-7-3-5-9-20(18)21/h2-9,14,16,21H,10-13,15H2,1H3,(H,27,32)(H,28,33)(H,30,31). The molecule has 0 bridgehead atoms. The quantitative estimate of drug-likeness (QED) is 0.387. The average Bonchev–Trinajstić information content (AvgIpc) is 3.44. The molecule has 0 aliphatic heterocycles. The number of amides is 2. The van der Waals surface area contributed by atoms with E-state index in [0.29, 0.717) is 19.4 Å². The second-order valence-corrected chi connectivity index (χ2v) is 8.61. The lowest BCUT2D eigenvalue weighted by Gasteiger charge is -2.13. The van der Waals surface area contributed by atoms with Crippen LogP contribution >= 0.6 is 0 Å². The Bertz CT molecular complexity index is 1180. The summed E-state index contributed by atoms with van der Waals surface area (Å²) in [5, 5.41) is 17.6. The zero-order valence-corrected chi connectivity index (χ0v) is 19.3. The summed E-state index contributed by atoms with van der Waals surface area (Å²) in [6.07, 6.45) is 0.580. The van der Waals surface area contributed by atoms with Gasteiger partial charge in [0.2, 0.25) is 5.88 Å². The maximum absolute atomic E-state index is 12.4. The van der Waals surface area contributed by atoms with E-state index in [2.05, 4.69) is 27.9 Å². The Morgan fingerprint density at radius 2 is 1.71 bits per heavy atom. The molecule has 2 aromatic carbocycles. The van der Waals surface area contributed by atoms with Crippen molar-refractivity contribution in [1.82, 2.24) is 10.5 Å². The largest absolute Gasteiger partial charge is 0.481 e. The molecular weight excluding hydrogens is 450 g/mol. The lowest BCUT2D eigenvalue weighted by Crippen LogP contribution is -2.26. The van der Waals surface area contributed by atoms with Crippen molar-refractivity contribution in [1.29, 1.82) is 0 Å². The van der Waals surface area contributed by atoms with Crippen LogP contribution in [0.2, 0.25) is 0 Å². The van der Waals surface area contributed by atoms with Crippen molar-refractivity contribution >= 4 is 23.9 Å². The SMILES string of the molecule is CC(CCNC(=O)c1cc(NC(=O)OCC2c3ccccc3-c3ccccc32)on1)CCC(=O)O. The van der Waals surface area contributed by atoms with Crippen LogP contribution in [0.5, 0.6) is 0 Å². The highest BCUT2D eigenvalue weighted by Gasteiger charge is 2.29. The number of anilines is 1. The molecule has 3 aromatic rings. The predicted molar refractivity (Wildman–Crippen MR) is 128 cm³/mol. The average molecular weight is 478 g/mol. The first-order valence-corrected chi connectivity index (χ1v) is 11.5. The number of carbonyl (C=O) groups excluding carboxylic acids is 2. The third-order valence-electron chi connectivity index (χ3n) is 6.09. The molecule has 0 radical (unpaired) electrons. The van der Waals surface area contributed by atoms with E-state index < -0.39 is 18.0 Å². The van der Waals surface area contributed by atoms with Crippen LogP contribution in [0.4, 0.5) is 10.7 Å². The Morgan fingerprint density at radius 3 is 2.37 bits per heavy atom. The molecule has 1 atom stereocenters. The Balaban J connectivity index is 1.26. The summed E-state index contributed by atoms with van der Waals surface area (Å²) < 4.78 is 10.5. The van der Waals surface area contributed by atoms with Crippen molar-refractivity contribution in [2.45, 2.75) is 32.1 Å². The molecule has 1 aliphatic carbocycles. The van der Waals surface area contributed by atoms with Crippen molar-refractivity contribution in [3.05, 3.63) is 71.4 Å². The Kier molecular flexibility index (Phi) is 7.45. The van der Waals surface area contributed by atoms with Crippen molar-refractivity contribution < 1.29 is 28.8 Å². The summed E-state index contributed by atoms with van der Waals surface area (Å²) in [4.78, 5) is 35.2. The van der Waals surface area contributed by atoms with E-state index in [0.717, 1.165) is 22.3 Å². The van der Waals surface area contributed by atoms with Crippen LogP contribution in [0.1, 0.15) is 53.7 Å². The number of ether oxygens (including phenoxy) is 1. The van der Waals surface area contributed by atoms with Gasteiger partial charge in [-0.3, -0.25) is 14.9 Å². The molecule has 0 saturated carbocycles.